The van der Waals surface area contributed by atoms with Crippen LogP contribution in [0.2, 0.25) is 0 Å². The summed E-state index contributed by atoms with van der Waals surface area (Å²) in [6.45, 7) is 2.16. The minimum Gasteiger partial charge on any atom is -0.465 e. The lowest BCUT2D eigenvalue weighted by Gasteiger charge is -2.26. The molecule has 0 saturated heterocycles. The van der Waals surface area contributed by atoms with Gasteiger partial charge in [-0.25, -0.2) is 4.79 Å². The molecule has 22 heavy (non-hydrogen) atoms. The van der Waals surface area contributed by atoms with Crippen molar-refractivity contribution in [3.05, 3.63) is 59.2 Å². The zero-order chi connectivity index (χ0) is 15.5. The molecule has 0 aromatic heterocycles. The van der Waals surface area contributed by atoms with Crippen LogP contribution in [0.15, 0.2) is 42.5 Å². The first-order valence-electron chi connectivity index (χ1n) is 7.89. The molecule has 3 nitrogen and oxygen atoms in total. The molecule has 0 heterocycles. The summed E-state index contributed by atoms with van der Waals surface area (Å²) in [5, 5.41) is 11.6. The van der Waals surface area contributed by atoms with Crippen LogP contribution < -0.4 is 5.32 Å². The number of hydrogen-bond acceptors (Lipinski definition) is 1. The third-order valence-corrected chi connectivity index (χ3v) is 4.45. The molecule has 0 radical (unpaired) electrons. The van der Waals surface area contributed by atoms with Gasteiger partial charge in [0, 0.05) is 0 Å². The van der Waals surface area contributed by atoms with Crippen LogP contribution in [0.1, 0.15) is 42.5 Å². The SMILES string of the molecule is CCc1ccc(-c2ccc3c(c2)CCCC3NC(=O)O)cc1. The molecule has 1 atom stereocenters. The molecule has 2 N–H and O–H groups in total. The molecule has 3 heteroatoms. The maximum Gasteiger partial charge on any atom is 0.405 e. The number of carbonyl (C=O) groups is 1. The second-order valence-electron chi connectivity index (χ2n) is 5.86. The highest BCUT2D eigenvalue weighted by molar-refractivity contribution is 5.67. The normalized spacial score (nSPS) is 16.9. The van der Waals surface area contributed by atoms with Gasteiger partial charge in [0.15, 0.2) is 0 Å². The van der Waals surface area contributed by atoms with Crippen molar-refractivity contribution >= 4 is 6.09 Å². The van der Waals surface area contributed by atoms with E-state index in [-0.39, 0.29) is 6.04 Å². The molecule has 2 aromatic carbocycles. The minimum atomic E-state index is -0.947. The van der Waals surface area contributed by atoms with Gasteiger partial charge in [-0.2, -0.15) is 0 Å². The second-order valence-corrected chi connectivity index (χ2v) is 5.86. The summed E-state index contributed by atoms with van der Waals surface area (Å²) in [6.07, 6.45) is 3.03. The summed E-state index contributed by atoms with van der Waals surface area (Å²) < 4.78 is 0. The molecular weight excluding hydrogens is 274 g/mol. The van der Waals surface area contributed by atoms with Gasteiger partial charge in [0.25, 0.3) is 0 Å². The molecule has 0 bridgehead atoms. The average molecular weight is 295 g/mol. The van der Waals surface area contributed by atoms with Crippen molar-refractivity contribution in [3.63, 3.8) is 0 Å². The van der Waals surface area contributed by atoms with E-state index >= 15 is 0 Å². The first kappa shape index (κ1) is 14.6. The van der Waals surface area contributed by atoms with Crippen molar-refractivity contribution in [2.24, 2.45) is 0 Å². The maximum absolute atomic E-state index is 10.9. The Balaban J connectivity index is 1.91. The van der Waals surface area contributed by atoms with Crippen LogP contribution in [0, 0.1) is 0 Å². The van der Waals surface area contributed by atoms with Crippen molar-refractivity contribution in [1.82, 2.24) is 5.32 Å². The van der Waals surface area contributed by atoms with Gasteiger partial charge in [0.05, 0.1) is 6.04 Å². The Bertz CT molecular complexity index is 676. The highest BCUT2D eigenvalue weighted by atomic mass is 16.4. The van der Waals surface area contributed by atoms with E-state index in [9.17, 15) is 4.79 Å². The molecule has 2 aromatic rings. The molecule has 1 unspecified atom stereocenters. The maximum atomic E-state index is 10.9. The first-order chi connectivity index (χ1) is 10.7. The van der Waals surface area contributed by atoms with Crippen molar-refractivity contribution in [2.75, 3.05) is 0 Å². The van der Waals surface area contributed by atoms with Crippen LogP contribution in [-0.4, -0.2) is 11.2 Å². The molecule has 3 rings (SSSR count). The Morgan fingerprint density at radius 3 is 2.59 bits per heavy atom. The summed E-state index contributed by atoms with van der Waals surface area (Å²) >= 11 is 0. The molecule has 0 spiro atoms. The lowest BCUT2D eigenvalue weighted by atomic mass is 9.85. The fourth-order valence-electron chi connectivity index (χ4n) is 3.23. The Labute approximate surface area is 131 Å². The Morgan fingerprint density at radius 1 is 1.18 bits per heavy atom. The molecule has 1 aliphatic rings. The highest BCUT2D eigenvalue weighted by Crippen LogP contribution is 2.33. The topological polar surface area (TPSA) is 49.3 Å². The smallest absolute Gasteiger partial charge is 0.405 e. The predicted molar refractivity (Wildman–Crippen MR) is 88.1 cm³/mol. The number of nitrogens with one attached hydrogen (secondary N) is 1. The van der Waals surface area contributed by atoms with E-state index in [0.717, 1.165) is 31.2 Å². The van der Waals surface area contributed by atoms with Crippen LogP contribution in [0.3, 0.4) is 0 Å². The van der Waals surface area contributed by atoms with E-state index in [1.165, 1.54) is 22.3 Å². The summed E-state index contributed by atoms with van der Waals surface area (Å²) in [5.41, 5.74) is 6.16. The van der Waals surface area contributed by atoms with E-state index in [0.29, 0.717) is 0 Å². The largest absolute Gasteiger partial charge is 0.465 e. The average Bonchev–Trinajstić information content (AvgIpc) is 2.54. The summed E-state index contributed by atoms with van der Waals surface area (Å²) in [6, 6.07) is 15.0. The van der Waals surface area contributed by atoms with Crippen LogP contribution in [-0.2, 0) is 12.8 Å². The fourth-order valence-corrected chi connectivity index (χ4v) is 3.23. The van der Waals surface area contributed by atoms with Crippen LogP contribution in [0.4, 0.5) is 4.79 Å². The summed E-state index contributed by atoms with van der Waals surface area (Å²) in [7, 11) is 0. The second kappa shape index (κ2) is 6.22. The van der Waals surface area contributed by atoms with Crippen LogP contribution in [0.5, 0.6) is 0 Å². The van der Waals surface area contributed by atoms with Crippen molar-refractivity contribution in [2.45, 2.75) is 38.6 Å². The summed E-state index contributed by atoms with van der Waals surface area (Å²) in [5.74, 6) is 0. The van der Waals surface area contributed by atoms with Gasteiger partial charge in [-0.05, 0) is 53.5 Å². The van der Waals surface area contributed by atoms with Gasteiger partial charge in [-0.1, -0.05) is 49.4 Å². The standard InChI is InChI=1S/C19H21NO2/c1-2-13-6-8-14(9-7-13)15-10-11-17-16(12-15)4-3-5-18(17)20-19(21)22/h6-12,18,20H,2-5H2,1H3,(H,21,22). The van der Waals surface area contributed by atoms with Crippen LogP contribution >= 0.6 is 0 Å². The zero-order valence-electron chi connectivity index (χ0n) is 12.8. The molecule has 1 aliphatic carbocycles. The van der Waals surface area contributed by atoms with E-state index in [1.807, 2.05) is 0 Å². The first-order valence-corrected chi connectivity index (χ1v) is 7.89. The molecule has 0 saturated carbocycles. The van der Waals surface area contributed by atoms with E-state index < -0.39 is 6.09 Å². The highest BCUT2D eigenvalue weighted by Gasteiger charge is 2.21. The third-order valence-electron chi connectivity index (χ3n) is 4.45. The zero-order valence-corrected chi connectivity index (χ0v) is 12.8. The van der Waals surface area contributed by atoms with Gasteiger partial charge in [-0.3, -0.25) is 0 Å². The molecule has 1 amide bonds. The molecule has 0 fully saturated rings. The van der Waals surface area contributed by atoms with E-state index in [1.54, 1.807) is 0 Å². The van der Waals surface area contributed by atoms with E-state index in [4.69, 9.17) is 5.11 Å². The predicted octanol–water partition coefficient (Wildman–Crippen LogP) is 4.56. The Morgan fingerprint density at radius 2 is 1.91 bits per heavy atom. The number of amides is 1. The summed E-state index contributed by atoms with van der Waals surface area (Å²) in [4.78, 5) is 10.9. The van der Waals surface area contributed by atoms with Gasteiger partial charge < -0.3 is 10.4 Å². The minimum absolute atomic E-state index is 0.0715. The van der Waals surface area contributed by atoms with Gasteiger partial charge >= 0.3 is 6.09 Å². The van der Waals surface area contributed by atoms with Gasteiger partial charge in [-0.15, -0.1) is 0 Å². The quantitative estimate of drug-likeness (QED) is 0.872. The lowest BCUT2D eigenvalue weighted by Crippen LogP contribution is -2.29. The Hall–Kier alpha value is -2.29. The van der Waals surface area contributed by atoms with E-state index in [2.05, 4.69) is 54.7 Å². The number of hydrogen-bond donors (Lipinski definition) is 2. The number of benzene rings is 2. The number of aryl methyl sites for hydroxylation is 2. The lowest BCUT2D eigenvalue weighted by molar-refractivity contribution is 0.188. The third kappa shape index (κ3) is 2.98. The number of rotatable bonds is 3. The number of carboxylic acid groups (broad SMARTS) is 1. The van der Waals surface area contributed by atoms with Crippen molar-refractivity contribution in [1.29, 1.82) is 0 Å². The Kier molecular flexibility index (Phi) is 4.14. The number of fused-ring (bicyclic) bond motifs is 1. The molecule has 0 aliphatic heterocycles. The molecular formula is C19H21NO2. The van der Waals surface area contributed by atoms with Gasteiger partial charge in [0.1, 0.15) is 0 Å². The van der Waals surface area contributed by atoms with Crippen molar-refractivity contribution < 1.29 is 9.90 Å². The van der Waals surface area contributed by atoms with Gasteiger partial charge in [0.2, 0.25) is 0 Å². The fraction of sp³-hybridized carbons (Fsp3) is 0.316. The monoisotopic (exact) mass is 295 g/mol. The molecule has 114 valence electrons. The van der Waals surface area contributed by atoms with Crippen molar-refractivity contribution in [3.8, 4) is 11.1 Å². The van der Waals surface area contributed by atoms with Crippen LogP contribution in [0.25, 0.3) is 11.1 Å².